The van der Waals surface area contributed by atoms with Gasteiger partial charge < -0.3 is 5.73 Å². The van der Waals surface area contributed by atoms with Crippen LogP contribution in [-0.4, -0.2) is 13.7 Å². The minimum absolute atomic E-state index is 0.404. The molecule has 2 aromatic carbocycles. The summed E-state index contributed by atoms with van der Waals surface area (Å²) in [7, 11) is -3.43. The van der Waals surface area contributed by atoms with Gasteiger partial charge in [0.2, 0.25) is 0 Å². The third kappa shape index (κ3) is 2.28. The van der Waals surface area contributed by atoms with E-state index in [0.717, 1.165) is 22.3 Å². The molecule has 0 spiro atoms. The second-order valence-electron chi connectivity index (χ2n) is 5.78. The molecule has 1 aliphatic rings. The summed E-state index contributed by atoms with van der Waals surface area (Å²) < 4.78 is 25.9. The standard InChI is InChI=1S/C17H19NO2S/c1-11-7-8-15(12(2)9-11)21(19,20)16-10-13-5-3-4-6-14(13)17(16)18/h3-9,16-17H,10,18H2,1-2H3. The molecule has 1 aliphatic carbocycles. The van der Waals surface area contributed by atoms with Gasteiger partial charge in [0.1, 0.15) is 0 Å². The quantitative estimate of drug-likeness (QED) is 0.927. The van der Waals surface area contributed by atoms with E-state index >= 15 is 0 Å². The molecule has 3 nitrogen and oxygen atoms in total. The van der Waals surface area contributed by atoms with Crippen molar-refractivity contribution in [2.24, 2.45) is 5.73 Å². The van der Waals surface area contributed by atoms with E-state index in [-0.39, 0.29) is 0 Å². The number of hydrogen-bond donors (Lipinski definition) is 1. The fourth-order valence-corrected chi connectivity index (χ4v) is 5.20. The maximum atomic E-state index is 13.0. The smallest absolute Gasteiger partial charge is 0.183 e. The molecule has 0 aromatic heterocycles. The Labute approximate surface area is 125 Å². The fourth-order valence-electron chi connectivity index (χ4n) is 3.17. The zero-order valence-corrected chi connectivity index (χ0v) is 13.0. The topological polar surface area (TPSA) is 60.2 Å². The van der Waals surface area contributed by atoms with E-state index in [9.17, 15) is 8.42 Å². The molecule has 2 atom stereocenters. The zero-order valence-electron chi connectivity index (χ0n) is 12.2. The van der Waals surface area contributed by atoms with Gasteiger partial charge in [-0.2, -0.15) is 0 Å². The van der Waals surface area contributed by atoms with Gasteiger partial charge in [0.25, 0.3) is 0 Å². The predicted molar refractivity (Wildman–Crippen MR) is 84.0 cm³/mol. The molecular weight excluding hydrogens is 282 g/mol. The molecule has 2 unspecified atom stereocenters. The Hall–Kier alpha value is -1.65. The summed E-state index contributed by atoms with van der Waals surface area (Å²) in [6.45, 7) is 3.80. The first-order valence-electron chi connectivity index (χ1n) is 7.06. The van der Waals surface area contributed by atoms with Crippen molar-refractivity contribution >= 4 is 9.84 Å². The average Bonchev–Trinajstić information content (AvgIpc) is 2.77. The van der Waals surface area contributed by atoms with Crippen LogP contribution >= 0.6 is 0 Å². The Kier molecular flexibility index (Phi) is 3.38. The molecule has 0 aliphatic heterocycles. The van der Waals surface area contributed by atoms with E-state index < -0.39 is 21.1 Å². The number of fused-ring (bicyclic) bond motifs is 1. The molecule has 0 saturated carbocycles. The van der Waals surface area contributed by atoms with Crippen LogP contribution in [0.4, 0.5) is 0 Å². The van der Waals surface area contributed by atoms with E-state index in [2.05, 4.69) is 0 Å². The van der Waals surface area contributed by atoms with Crippen molar-refractivity contribution in [2.75, 3.05) is 0 Å². The van der Waals surface area contributed by atoms with Crippen molar-refractivity contribution in [3.05, 3.63) is 64.7 Å². The van der Waals surface area contributed by atoms with Gasteiger partial charge in [0.15, 0.2) is 9.84 Å². The van der Waals surface area contributed by atoms with E-state index in [1.165, 1.54) is 0 Å². The highest BCUT2D eigenvalue weighted by molar-refractivity contribution is 7.92. The lowest BCUT2D eigenvalue weighted by molar-refractivity contribution is 0.564. The number of aryl methyl sites for hydroxylation is 2. The maximum absolute atomic E-state index is 13.0. The Morgan fingerprint density at radius 3 is 2.48 bits per heavy atom. The van der Waals surface area contributed by atoms with Crippen molar-refractivity contribution in [1.82, 2.24) is 0 Å². The fraction of sp³-hybridized carbons (Fsp3) is 0.294. The van der Waals surface area contributed by atoms with E-state index in [1.54, 1.807) is 6.07 Å². The molecule has 3 rings (SSSR count). The molecule has 21 heavy (non-hydrogen) atoms. The van der Waals surface area contributed by atoms with Gasteiger partial charge in [0.05, 0.1) is 10.1 Å². The van der Waals surface area contributed by atoms with Gasteiger partial charge in [-0.25, -0.2) is 8.42 Å². The Bertz CT molecular complexity index is 796. The highest BCUT2D eigenvalue weighted by Gasteiger charge is 2.40. The third-order valence-electron chi connectivity index (χ3n) is 4.27. The van der Waals surface area contributed by atoms with Crippen molar-refractivity contribution in [3.8, 4) is 0 Å². The summed E-state index contributed by atoms with van der Waals surface area (Å²) in [6, 6.07) is 12.7. The van der Waals surface area contributed by atoms with Crippen LogP contribution in [0.15, 0.2) is 47.4 Å². The van der Waals surface area contributed by atoms with Gasteiger partial charge in [0, 0.05) is 6.04 Å². The van der Waals surface area contributed by atoms with E-state index in [0.29, 0.717) is 11.3 Å². The first-order valence-corrected chi connectivity index (χ1v) is 8.60. The highest BCUT2D eigenvalue weighted by Crippen LogP contribution is 2.37. The van der Waals surface area contributed by atoms with Crippen LogP contribution in [0.2, 0.25) is 0 Å². The molecule has 0 heterocycles. The van der Waals surface area contributed by atoms with Gasteiger partial charge in [-0.15, -0.1) is 0 Å². The van der Waals surface area contributed by atoms with Gasteiger partial charge in [-0.1, -0.05) is 42.0 Å². The number of rotatable bonds is 2. The molecule has 4 heteroatoms. The normalized spacial score (nSPS) is 21.3. The van der Waals surface area contributed by atoms with Crippen molar-refractivity contribution in [1.29, 1.82) is 0 Å². The SMILES string of the molecule is Cc1ccc(S(=O)(=O)C2Cc3ccccc3C2N)c(C)c1. The molecule has 2 aromatic rings. The second-order valence-corrected chi connectivity index (χ2v) is 7.92. The molecule has 2 N–H and O–H groups in total. The average molecular weight is 301 g/mol. The highest BCUT2D eigenvalue weighted by atomic mass is 32.2. The second kappa shape index (κ2) is 4.97. The van der Waals surface area contributed by atoms with E-state index in [1.807, 2.05) is 50.2 Å². The van der Waals surface area contributed by atoms with Crippen LogP contribution in [-0.2, 0) is 16.3 Å². The molecule has 0 radical (unpaired) electrons. The predicted octanol–water partition coefficient (Wildman–Crippen LogP) is 2.70. The van der Waals surface area contributed by atoms with Crippen molar-refractivity contribution < 1.29 is 8.42 Å². The lowest BCUT2D eigenvalue weighted by atomic mass is 10.1. The zero-order chi connectivity index (χ0) is 15.2. The van der Waals surface area contributed by atoms with E-state index in [4.69, 9.17) is 5.73 Å². The summed E-state index contributed by atoms with van der Waals surface area (Å²) in [5, 5.41) is -0.573. The molecule has 0 saturated heterocycles. The molecular formula is C17H19NO2S. The van der Waals surface area contributed by atoms with Gasteiger partial charge in [-0.05, 0) is 43.0 Å². The Morgan fingerprint density at radius 1 is 1.10 bits per heavy atom. The summed E-state index contributed by atoms with van der Waals surface area (Å²) in [5.41, 5.74) is 10.1. The van der Waals surface area contributed by atoms with Crippen LogP contribution in [0.3, 0.4) is 0 Å². The summed E-state index contributed by atoms with van der Waals surface area (Å²) in [4.78, 5) is 0.404. The van der Waals surface area contributed by atoms with Crippen LogP contribution in [0.5, 0.6) is 0 Å². The molecule has 0 amide bonds. The number of nitrogens with two attached hydrogens (primary N) is 1. The van der Waals surface area contributed by atoms with Crippen LogP contribution in [0, 0.1) is 13.8 Å². The molecule has 110 valence electrons. The van der Waals surface area contributed by atoms with Crippen molar-refractivity contribution in [3.63, 3.8) is 0 Å². The van der Waals surface area contributed by atoms with Gasteiger partial charge in [-0.3, -0.25) is 0 Å². The maximum Gasteiger partial charge on any atom is 0.183 e. The van der Waals surface area contributed by atoms with Crippen LogP contribution < -0.4 is 5.73 Å². The number of hydrogen-bond acceptors (Lipinski definition) is 3. The summed E-state index contributed by atoms with van der Waals surface area (Å²) in [6.07, 6.45) is 0.493. The minimum atomic E-state index is -3.43. The number of sulfone groups is 1. The largest absolute Gasteiger partial charge is 0.323 e. The summed E-state index contributed by atoms with van der Waals surface area (Å²) >= 11 is 0. The van der Waals surface area contributed by atoms with Crippen LogP contribution in [0.25, 0.3) is 0 Å². The molecule has 0 fully saturated rings. The van der Waals surface area contributed by atoms with Crippen LogP contribution in [0.1, 0.15) is 28.3 Å². The molecule has 0 bridgehead atoms. The lowest BCUT2D eigenvalue weighted by Gasteiger charge is -2.18. The first-order chi connectivity index (χ1) is 9.91. The minimum Gasteiger partial charge on any atom is -0.323 e. The number of benzene rings is 2. The lowest BCUT2D eigenvalue weighted by Crippen LogP contribution is -2.31. The monoisotopic (exact) mass is 301 g/mol. The first kappa shape index (κ1) is 14.3. The van der Waals surface area contributed by atoms with Crippen molar-refractivity contribution in [2.45, 2.75) is 36.5 Å². The summed E-state index contributed by atoms with van der Waals surface area (Å²) in [5.74, 6) is 0. The Morgan fingerprint density at radius 2 is 1.81 bits per heavy atom. The third-order valence-corrected chi connectivity index (χ3v) is 6.60. The van der Waals surface area contributed by atoms with Gasteiger partial charge >= 0.3 is 0 Å². The Balaban J connectivity index is 2.05.